The van der Waals surface area contributed by atoms with Gasteiger partial charge in [0.05, 0.1) is 6.33 Å². The number of aromatic nitrogens is 2. The van der Waals surface area contributed by atoms with Gasteiger partial charge >= 0.3 is 0 Å². The van der Waals surface area contributed by atoms with Gasteiger partial charge in [-0.3, -0.25) is 4.79 Å². The predicted molar refractivity (Wildman–Crippen MR) is 69.1 cm³/mol. The molecule has 1 fully saturated rings. The predicted octanol–water partition coefficient (Wildman–Crippen LogP) is 1.89. The molecule has 4 heteroatoms. The Hall–Kier alpha value is -1.32. The first-order chi connectivity index (χ1) is 8.83. The van der Waals surface area contributed by atoms with Gasteiger partial charge in [0, 0.05) is 36.8 Å². The molecule has 2 aliphatic rings. The van der Waals surface area contributed by atoms with Crippen LogP contribution >= 0.6 is 0 Å². The number of hydrogen-bond acceptors (Lipinski definition) is 2. The van der Waals surface area contributed by atoms with Gasteiger partial charge in [-0.25, -0.2) is 4.98 Å². The molecule has 1 atom stereocenters. The number of carbonyl (C=O) groups is 1. The maximum Gasteiger partial charge on any atom is 0.223 e. The van der Waals surface area contributed by atoms with Crippen molar-refractivity contribution >= 4 is 5.91 Å². The molecular formula is C14H21N3O. The highest BCUT2D eigenvalue weighted by Crippen LogP contribution is 2.22. The average molecular weight is 247 g/mol. The molecule has 3 rings (SSSR count). The smallest absolute Gasteiger partial charge is 0.223 e. The van der Waals surface area contributed by atoms with Crippen LogP contribution in [-0.2, 0) is 17.8 Å². The third kappa shape index (κ3) is 2.42. The van der Waals surface area contributed by atoms with Crippen LogP contribution in [0.1, 0.15) is 44.2 Å². The number of hydrogen-bond donors (Lipinski definition) is 1. The highest BCUT2D eigenvalue weighted by molar-refractivity contribution is 5.79. The second-order valence-corrected chi connectivity index (χ2v) is 5.61. The zero-order valence-corrected chi connectivity index (χ0v) is 10.8. The Bertz CT molecular complexity index is 420. The number of carbonyl (C=O) groups excluding carboxylic acids is 1. The Kier molecular flexibility index (Phi) is 3.35. The minimum absolute atomic E-state index is 0.149. The van der Waals surface area contributed by atoms with Crippen molar-refractivity contribution < 1.29 is 4.79 Å². The summed E-state index contributed by atoms with van der Waals surface area (Å²) < 4.78 is 2.16. The summed E-state index contributed by atoms with van der Waals surface area (Å²) in [6.07, 6.45) is 11.7. The fourth-order valence-electron chi connectivity index (χ4n) is 3.16. The molecule has 1 aromatic rings. The fourth-order valence-corrected chi connectivity index (χ4v) is 3.16. The van der Waals surface area contributed by atoms with E-state index < -0.39 is 0 Å². The fraction of sp³-hybridized carbons (Fsp3) is 0.714. The van der Waals surface area contributed by atoms with Gasteiger partial charge in [-0.1, -0.05) is 19.3 Å². The lowest BCUT2D eigenvalue weighted by Crippen LogP contribution is -2.42. The molecule has 2 heterocycles. The molecule has 1 saturated carbocycles. The lowest BCUT2D eigenvalue weighted by atomic mass is 9.92. The van der Waals surface area contributed by atoms with Gasteiger partial charge in [0.2, 0.25) is 5.91 Å². The number of aryl methyl sites for hydroxylation is 1. The standard InChI is InChI=1S/C14H21N3O/c18-14(16-12-4-2-1-3-5-12)11-6-7-17-10-15-9-13(17)8-11/h9-12H,1-8H2,(H,16,18). The number of rotatable bonds is 2. The summed E-state index contributed by atoms with van der Waals surface area (Å²) in [7, 11) is 0. The van der Waals surface area contributed by atoms with E-state index in [0.717, 1.165) is 32.2 Å². The Labute approximate surface area is 108 Å². The third-order valence-electron chi connectivity index (χ3n) is 4.29. The van der Waals surface area contributed by atoms with Crippen LogP contribution < -0.4 is 5.32 Å². The van der Waals surface area contributed by atoms with Crippen LogP contribution in [0.3, 0.4) is 0 Å². The summed E-state index contributed by atoms with van der Waals surface area (Å²) in [5, 5.41) is 3.24. The zero-order chi connectivity index (χ0) is 12.4. The number of amides is 1. The zero-order valence-electron chi connectivity index (χ0n) is 10.8. The molecule has 0 bridgehead atoms. The maximum atomic E-state index is 12.3. The molecule has 98 valence electrons. The van der Waals surface area contributed by atoms with Gasteiger partial charge in [-0.05, 0) is 19.3 Å². The summed E-state index contributed by atoms with van der Waals surface area (Å²) in [5.74, 6) is 0.408. The van der Waals surface area contributed by atoms with Crippen LogP contribution in [0.4, 0.5) is 0 Å². The van der Waals surface area contributed by atoms with Crippen molar-refractivity contribution in [3.63, 3.8) is 0 Å². The maximum absolute atomic E-state index is 12.3. The van der Waals surface area contributed by atoms with Crippen molar-refractivity contribution in [2.24, 2.45) is 5.92 Å². The number of fused-ring (bicyclic) bond motifs is 1. The summed E-state index contributed by atoms with van der Waals surface area (Å²) in [4.78, 5) is 16.4. The van der Waals surface area contributed by atoms with Crippen molar-refractivity contribution in [1.29, 1.82) is 0 Å². The minimum Gasteiger partial charge on any atom is -0.353 e. The number of imidazole rings is 1. The van der Waals surface area contributed by atoms with Gasteiger partial charge in [0.1, 0.15) is 0 Å². The lowest BCUT2D eigenvalue weighted by molar-refractivity contribution is -0.126. The highest BCUT2D eigenvalue weighted by Gasteiger charge is 2.26. The van der Waals surface area contributed by atoms with Crippen molar-refractivity contribution in [3.8, 4) is 0 Å². The Morgan fingerprint density at radius 2 is 2.11 bits per heavy atom. The van der Waals surface area contributed by atoms with E-state index in [1.165, 1.54) is 25.0 Å². The molecule has 0 aromatic carbocycles. The second-order valence-electron chi connectivity index (χ2n) is 5.61. The molecule has 1 aromatic heterocycles. The van der Waals surface area contributed by atoms with E-state index in [4.69, 9.17) is 0 Å². The van der Waals surface area contributed by atoms with Crippen LogP contribution in [0.25, 0.3) is 0 Å². The van der Waals surface area contributed by atoms with Crippen molar-refractivity contribution in [2.45, 2.75) is 57.5 Å². The van der Waals surface area contributed by atoms with Gasteiger partial charge in [-0.15, -0.1) is 0 Å². The van der Waals surface area contributed by atoms with Crippen LogP contribution in [0.15, 0.2) is 12.5 Å². The topological polar surface area (TPSA) is 46.9 Å². The van der Waals surface area contributed by atoms with Crippen molar-refractivity contribution in [3.05, 3.63) is 18.2 Å². The molecule has 4 nitrogen and oxygen atoms in total. The molecular weight excluding hydrogens is 226 g/mol. The lowest BCUT2D eigenvalue weighted by Gasteiger charge is -2.27. The first-order valence-electron chi connectivity index (χ1n) is 7.12. The van der Waals surface area contributed by atoms with Crippen LogP contribution in [0.5, 0.6) is 0 Å². The summed E-state index contributed by atoms with van der Waals surface area (Å²) >= 11 is 0. The normalized spacial score (nSPS) is 24.6. The van der Waals surface area contributed by atoms with Gasteiger partial charge in [0.25, 0.3) is 0 Å². The molecule has 0 spiro atoms. The van der Waals surface area contributed by atoms with E-state index in [0.29, 0.717) is 6.04 Å². The van der Waals surface area contributed by atoms with E-state index in [1.807, 2.05) is 12.5 Å². The van der Waals surface area contributed by atoms with Crippen LogP contribution in [-0.4, -0.2) is 21.5 Å². The van der Waals surface area contributed by atoms with E-state index in [9.17, 15) is 4.79 Å². The van der Waals surface area contributed by atoms with Crippen LogP contribution in [0.2, 0.25) is 0 Å². The van der Waals surface area contributed by atoms with E-state index in [2.05, 4.69) is 14.9 Å². The van der Waals surface area contributed by atoms with Gasteiger partial charge < -0.3 is 9.88 Å². The SMILES string of the molecule is O=C(NC1CCCCC1)C1CCn2cncc2C1. The molecule has 0 radical (unpaired) electrons. The first kappa shape index (κ1) is 11.8. The van der Waals surface area contributed by atoms with Crippen molar-refractivity contribution in [1.82, 2.24) is 14.9 Å². The summed E-state index contributed by atoms with van der Waals surface area (Å²) in [6.45, 7) is 0.929. The molecule has 1 N–H and O–H groups in total. The number of nitrogens with one attached hydrogen (secondary N) is 1. The second kappa shape index (κ2) is 5.12. The average Bonchev–Trinajstić information content (AvgIpc) is 2.87. The number of nitrogens with zero attached hydrogens (tertiary/aromatic N) is 2. The van der Waals surface area contributed by atoms with E-state index >= 15 is 0 Å². The largest absolute Gasteiger partial charge is 0.353 e. The van der Waals surface area contributed by atoms with E-state index in [-0.39, 0.29) is 11.8 Å². The molecule has 18 heavy (non-hydrogen) atoms. The minimum atomic E-state index is 0.149. The Morgan fingerprint density at radius 1 is 1.28 bits per heavy atom. The highest BCUT2D eigenvalue weighted by atomic mass is 16.1. The quantitative estimate of drug-likeness (QED) is 0.867. The molecule has 1 aliphatic carbocycles. The first-order valence-corrected chi connectivity index (χ1v) is 7.12. The monoisotopic (exact) mass is 247 g/mol. The molecule has 0 saturated heterocycles. The summed E-state index contributed by atoms with van der Waals surface area (Å²) in [5.41, 5.74) is 1.20. The van der Waals surface area contributed by atoms with Gasteiger partial charge in [-0.2, -0.15) is 0 Å². The summed E-state index contributed by atoms with van der Waals surface area (Å²) in [6, 6.07) is 0.429. The molecule has 1 unspecified atom stereocenters. The molecule has 1 aliphatic heterocycles. The van der Waals surface area contributed by atoms with Gasteiger partial charge in [0.15, 0.2) is 0 Å². The molecule has 1 amide bonds. The third-order valence-corrected chi connectivity index (χ3v) is 4.29. The Balaban J connectivity index is 1.57. The van der Waals surface area contributed by atoms with Crippen molar-refractivity contribution in [2.75, 3.05) is 0 Å². The van der Waals surface area contributed by atoms with E-state index in [1.54, 1.807) is 0 Å². The van der Waals surface area contributed by atoms with Crippen LogP contribution in [0, 0.1) is 5.92 Å². The Morgan fingerprint density at radius 3 is 2.94 bits per heavy atom.